The molecule has 208 valence electrons. The predicted octanol–water partition coefficient (Wildman–Crippen LogP) is 0.707. The second-order valence-electron chi connectivity index (χ2n) is 9.74. The molecular weight excluding hydrogens is 502 g/mol. The van der Waals surface area contributed by atoms with E-state index in [4.69, 9.17) is 10.5 Å². The van der Waals surface area contributed by atoms with Crippen LogP contribution >= 0.6 is 0 Å². The number of hydrogen-bond acceptors (Lipinski definition) is 10. The molecule has 2 saturated heterocycles. The van der Waals surface area contributed by atoms with Crippen LogP contribution in [-0.4, -0.2) is 114 Å². The van der Waals surface area contributed by atoms with Gasteiger partial charge in [-0.1, -0.05) is 6.08 Å². The molecule has 0 radical (unpaired) electrons. The second kappa shape index (κ2) is 13.1. The number of hydrogen-bond donors (Lipinski definition) is 3. The van der Waals surface area contributed by atoms with Crippen LogP contribution in [0.3, 0.4) is 0 Å². The molecule has 2 aliphatic heterocycles. The molecule has 3 amide bonds. The number of amides is 3. The van der Waals surface area contributed by atoms with Crippen molar-refractivity contribution in [2.45, 2.75) is 18.9 Å². The van der Waals surface area contributed by atoms with Crippen molar-refractivity contribution in [2.24, 2.45) is 5.73 Å². The molecule has 2 aliphatic rings. The number of ether oxygens (including phenoxy) is 1. The summed E-state index contributed by atoms with van der Waals surface area (Å²) in [6, 6.07) is 6.78. The van der Waals surface area contributed by atoms with Gasteiger partial charge in [-0.3, -0.25) is 14.4 Å². The molecule has 0 unspecified atom stereocenters. The van der Waals surface area contributed by atoms with Gasteiger partial charge in [0.2, 0.25) is 11.9 Å². The number of likely N-dealkylation sites (tertiary alicyclic amines) is 1. The zero-order valence-corrected chi connectivity index (χ0v) is 22.3. The van der Waals surface area contributed by atoms with Crippen LogP contribution in [0.1, 0.15) is 33.7 Å². The Morgan fingerprint density at radius 1 is 1.10 bits per heavy atom. The minimum absolute atomic E-state index is 0.0376. The molecule has 13 nitrogen and oxygen atoms in total. The molecule has 2 aromatic rings. The Bertz CT molecular complexity index is 1200. The van der Waals surface area contributed by atoms with Crippen LogP contribution in [0.2, 0.25) is 0 Å². The van der Waals surface area contributed by atoms with Gasteiger partial charge < -0.3 is 35.8 Å². The zero-order valence-electron chi connectivity index (χ0n) is 22.3. The maximum absolute atomic E-state index is 12.7. The van der Waals surface area contributed by atoms with E-state index < -0.39 is 5.91 Å². The van der Waals surface area contributed by atoms with Crippen molar-refractivity contribution < 1.29 is 19.1 Å². The number of primary amides is 1. The van der Waals surface area contributed by atoms with Crippen molar-refractivity contribution in [3.63, 3.8) is 0 Å². The quantitative estimate of drug-likeness (QED) is 0.389. The van der Waals surface area contributed by atoms with E-state index in [1.54, 1.807) is 40.1 Å². The van der Waals surface area contributed by atoms with Gasteiger partial charge in [0, 0.05) is 56.1 Å². The lowest BCUT2D eigenvalue weighted by Gasteiger charge is -2.32. The summed E-state index contributed by atoms with van der Waals surface area (Å²) in [5.74, 6) is -0.524. The third-order valence-corrected chi connectivity index (χ3v) is 6.41. The third kappa shape index (κ3) is 7.71. The lowest BCUT2D eigenvalue weighted by atomic mass is 10.1. The Morgan fingerprint density at radius 2 is 1.85 bits per heavy atom. The topological polar surface area (TPSA) is 159 Å². The fourth-order valence-corrected chi connectivity index (χ4v) is 4.37. The second-order valence-corrected chi connectivity index (χ2v) is 9.74. The molecule has 39 heavy (non-hydrogen) atoms. The highest BCUT2D eigenvalue weighted by molar-refractivity contribution is 5.97. The number of likely N-dealkylation sites (N-methyl/N-ethyl adjacent to an activating group) is 1. The Morgan fingerprint density at radius 3 is 2.54 bits per heavy atom. The number of nitrogens with one attached hydrogen (secondary N) is 2. The van der Waals surface area contributed by atoms with Crippen LogP contribution in [0.4, 0.5) is 17.5 Å². The molecule has 1 aromatic carbocycles. The van der Waals surface area contributed by atoms with Gasteiger partial charge >= 0.3 is 0 Å². The lowest BCUT2D eigenvalue weighted by Crippen LogP contribution is -2.44. The average Bonchev–Trinajstić information content (AvgIpc) is 2.93. The van der Waals surface area contributed by atoms with Crippen molar-refractivity contribution in [3.05, 3.63) is 47.7 Å². The Balaban J connectivity index is 1.42. The summed E-state index contributed by atoms with van der Waals surface area (Å²) >= 11 is 0. The van der Waals surface area contributed by atoms with E-state index in [1.807, 2.05) is 25.1 Å². The molecule has 2 fully saturated rings. The van der Waals surface area contributed by atoms with Gasteiger partial charge in [-0.2, -0.15) is 4.98 Å². The minimum atomic E-state index is -0.776. The predicted molar refractivity (Wildman–Crippen MR) is 146 cm³/mol. The first kappa shape index (κ1) is 27.9. The summed E-state index contributed by atoms with van der Waals surface area (Å²) in [5, 5.41) is 14.3. The Hall–Kier alpha value is -4.10. The van der Waals surface area contributed by atoms with Crippen LogP contribution in [-0.2, 0) is 9.53 Å². The molecule has 1 aromatic heterocycles. The van der Waals surface area contributed by atoms with Gasteiger partial charge in [-0.05, 0) is 51.2 Å². The summed E-state index contributed by atoms with van der Waals surface area (Å²) in [4.78, 5) is 47.2. The molecule has 1 atom stereocenters. The van der Waals surface area contributed by atoms with E-state index in [0.717, 1.165) is 12.8 Å². The van der Waals surface area contributed by atoms with Gasteiger partial charge in [0.25, 0.3) is 11.8 Å². The van der Waals surface area contributed by atoms with Crippen LogP contribution in [0.5, 0.6) is 0 Å². The highest BCUT2D eigenvalue weighted by Crippen LogP contribution is 2.21. The highest BCUT2D eigenvalue weighted by Gasteiger charge is 2.24. The maximum atomic E-state index is 12.7. The van der Waals surface area contributed by atoms with Crippen molar-refractivity contribution in [1.29, 1.82) is 0 Å². The van der Waals surface area contributed by atoms with Crippen LogP contribution in [0.25, 0.3) is 0 Å². The van der Waals surface area contributed by atoms with Crippen molar-refractivity contribution >= 4 is 35.2 Å². The van der Waals surface area contributed by atoms with Crippen molar-refractivity contribution in [2.75, 3.05) is 70.7 Å². The SMILES string of the molecule is CN(C)CC=CC(=O)N1CCC[C@@H](Nc2nnc(C(N)=O)c(Nc3ccc(C(=O)N4CCOCC4)cc3)n2)C1. The molecular formula is C26H35N9O4. The van der Waals surface area contributed by atoms with Crippen molar-refractivity contribution in [1.82, 2.24) is 29.9 Å². The number of carbonyl (C=O) groups is 3. The summed E-state index contributed by atoms with van der Waals surface area (Å²) in [6.07, 6.45) is 5.10. The highest BCUT2D eigenvalue weighted by atomic mass is 16.5. The van der Waals surface area contributed by atoms with Gasteiger partial charge in [0.05, 0.1) is 13.2 Å². The Labute approximate surface area is 227 Å². The summed E-state index contributed by atoms with van der Waals surface area (Å²) in [6.45, 7) is 4.04. The molecule has 0 bridgehead atoms. The number of nitrogens with zero attached hydrogens (tertiary/aromatic N) is 6. The number of benzene rings is 1. The first-order valence-electron chi connectivity index (χ1n) is 13.0. The number of nitrogens with two attached hydrogens (primary N) is 1. The van der Waals surface area contributed by atoms with E-state index in [9.17, 15) is 14.4 Å². The largest absolute Gasteiger partial charge is 0.378 e. The summed E-state index contributed by atoms with van der Waals surface area (Å²) in [7, 11) is 3.89. The third-order valence-electron chi connectivity index (χ3n) is 6.41. The fraction of sp³-hybridized carbons (Fsp3) is 0.462. The number of piperidine rings is 1. The first-order chi connectivity index (χ1) is 18.8. The van der Waals surface area contributed by atoms with Gasteiger partial charge in [0.1, 0.15) is 0 Å². The number of morpholine rings is 1. The summed E-state index contributed by atoms with van der Waals surface area (Å²) < 4.78 is 5.31. The van der Waals surface area contributed by atoms with Gasteiger partial charge in [-0.15, -0.1) is 10.2 Å². The van der Waals surface area contributed by atoms with Crippen LogP contribution in [0.15, 0.2) is 36.4 Å². The molecule has 13 heteroatoms. The minimum Gasteiger partial charge on any atom is -0.378 e. The number of rotatable bonds is 9. The molecule has 0 spiro atoms. The standard InChI is InChI=1S/C26H35N9O4/c1-33(2)11-4-6-21(36)35-12-3-5-20(17-35)29-26-30-24(22(23(27)37)31-32-26)28-19-9-7-18(8-10-19)25(38)34-13-15-39-16-14-34/h4,6-10,20H,3,5,11-17H2,1-2H3,(H2,27,37)(H2,28,29,30,32)/t20-/m1/s1. The fourth-order valence-electron chi connectivity index (χ4n) is 4.37. The van der Waals surface area contributed by atoms with E-state index >= 15 is 0 Å². The number of aromatic nitrogens is 3. The van der Waals surface area contributed by atoms with E-state index in [0.29, 0.717) is 57.2 Å². The van der Waals surface area contributed by atoms with Crippen LogP contribution in [0, 0.1) is 0 Å². The van der Waals surface area contributed by atoms with Gasteiger partial charge in [-0.25, -0.2) is 0 Å². The first-order valence-corrected chi connectivity index (χ1v) is 13.0. The van der Waals surface area contributed by atoms with E-state index in [-0.39, 0.29) is 35.3 Å². The number of anilines is 3. The smallest absolute Gasteiger partial charge is 0.273 e. The van der Waals surface area contributed by atoms with Crippen molar-refractivity contribution in [3.8, 4) is 0 Å². The monoisotopic (exact) mass is 537 g/mol. The molecule has 0 saturated carbocycles. The molecule has 4 rings (SSSR count). The van der Waals surface area contributed by atoms with E-state index in [2.05, 4.69) is 25.8 Å². The average molecular weight is 538 g/mol. The van der Waals surface area contributed by atoms with Crippen LogP contribution < -0.4 is 16.4 Å². The maximum Gasteiger partial charge on any atom is 0.273 e. The normalized spacial score (nSPS) is 17.9. The Kier molecular flexibility index (Phi) is 9.39. The molecule has 0 aliphatic carbocycles. The van der Waals surface area contributed by atoms with E-state index in [1.165, 1.54) is 0 Å². The molecule has 4 N–H and O–H groups in total. The summed E-state index contributed by atoms with van der Waals surface area (Å²) in [5.41, 5.74) is 6.54. The zero-order chi connectivity index (χ0) is 27.8. The molecule has 3 heterocycles. The lowest BCUT2D eigenvalue weighted by molar-refractivity contribution is -0.127. The number of carbonyl (C=O) groups excluding carboxylic acids is 3. The van der Waals surface area contributed by atoms with Gasteiger partial charge in [0.15, 0.2) is 11.5 Å².